The van der Waals surface area contributed by atoms with Gasteiger partial charge in [0.2, 0.25) is 5.91 Å². The number of fused-ring (bicyclic) bond motifs is 2. The Balaban J connectivity index is 0.00000182. The number of piperidine rings is 1. The second-order valence-electron chi connectivity index (χ2n) is 7.77. The molecule has 3 saturated heterocycles. The maximum absolute atomic E-state index is 12.9. The molecule has 138 valence electrons. The zero-order valence-electron chi connectivity index (χ0n) is 14.9. The van der Waals surface area contributed by atoms with Crippen LogP contribution in [0.1, 0.15) is 55.8 Å². The molecule has 3 aliphatic rings. The number of rotatable bonds is 3. The van der Waals surface area contributed by atoms with E-state index < -0.39 is 0 Å². The second-order valence-corrected chi connectivity index (χ2v) is 7.77. The van der Waals surface area contributed by atoms with E-state index in [4.69, 9.17) is 4.74 Å². The van der Waals surface area contributed by atoms with E-state index in [0.29, 0.717) is 18.1 Å². The van der Waals surface area contributed by atoms with Crippen LogP contribution in [-0.4, -0.2) is 30.6 Å². The number of hydrogen-bond donors (Lipinski definition) is 2. The van der Waals surface area contributed by atoms with E-state index in [1.807, 2.05) is 0 Å². The fourth-order valence-corrected chi connectivity index (χ4v) is 4.62. The summed E-state index contributed by atoms with van der Waals surface area (Å²) in [4.78, 5) is 12.9. The van der Waals surface area contributed by atoms with Crippen LogP contribution in [0, 0.1) is 12.8 Å². The van der Waals surface area contributed by atoms with Crippen LogP contribution in [-0.2, 0) is 9.53 Å². The van der Waals surface area contributed by atoms with Gasteiger partial charge in [-0.1, -0.05) is 29.8 Å². The first kappa shape index (κ1) is 18.7. The minimum Gasteiger partial charge on any atom is -0.373 e. The summed E-state index contributed by atoms with van der Waals surface area (Å²) < 4.78 is 6.01. The van der Waals surface area contributed by atoms with Gasteiger partial charge in [0.25, 0.3) is 0 Å². The Kier molecular flexibility index (Phi) is 6.03. The normalized spacial score (nSPS) is 34.2. The molecule has 4 unspecified atom stereocenters. The number of ether oxygens (including phenoxy) is 1. The average molecular weight is 365 g/mol. The van der Waals surface area contributed by atoms with Crippen molar-refractivity contribution in [1.29, 1.82) is 0 Å². The molecule has 0 aromatic heterocycles. The lowest BCUT2D eigenvalue weighted by Crippen LogP contribution is -2.50. The van der Waals surface area contributed by atoms with Crippen LogP contribution in [0.2, 0.25) is 0 Å². The molecule has 0 spiro atoms. The Morgan fingerprint density at radius 3 is 2.48 bits per heavy atom. The van der Waals surface area contributed by atoms with Crippen LogP contribution in [0.15, 0.2) is 24.3 Å². The van der Waals surface area contributed by atoms with E-state index in [1.165, 1.54) is 18.4 Å². The minimum absolute atomic E-state index is 0. The zero-order chi connectivity index (χ0) is 16.5. The van der Waals surface area contributed by atoms with Crippen LogP contribution < -0.4 is 10.6 Å². The molecule has 3 heterocycles. The van der Waals surface area contributed by atoms with Gasteiger partial charge in [-0.3, -0.25) is 4.79 Å². The van der Waals surface area contributed by atoms with Gasteiger partial charge in [0.15, 0.2) is 0 Å². The van der Waals surface area contributed by atoms with Crippen molar-refractivity contribution in [2.45, 2.75) is 69.7 Å². The molecule has 3 fully saturated rings. The standard InChI is InChI=1S/C20H28N2O2.ClH/c1-13-4-6-14(7-5-13)19-18(3-2-10-24-19)20(23)22-17-11-15-8-9-16(12-17)21-15;/h4-7,15-19,21H,2-3,8-12H2,1H3,(H,22,23);1H. The van der Waals surface area contributed by atoms with Crippen LogP contribution in [0.5, 0.6) is 0 Å². The molecular weight excluding hydrogens is 336 g/mol. The molecule has 4 atom stereocenters. The van der Waals surface area contributed by atoms with Crippen molar-refractivity contribution < 1.29 is 9.53 Å². The smallest absolute Gasteiger partial charge is 0.226 e. The number of aryl methyl sites for hydroxylation is 1. The van der Waals surface area contributed by atoms with Gasteiger partial charge < -0.3 is 15.4 Å². The lowest BCUT2D eigenvalue weighted by atomic mass is 9.87. The predicted molar refractivity (Wildman–Crippen MR) is 101 cm³/mol. The minimum atomic E-state index is -0.0993. The van der Waals surface area contributed by atoms with Gasteiger partial charge in [-0.2, -0.15) is 0 Å². The summed E-state index contributed by atoms with van der Waals surface area (Å²) in [5, 5.41) is 6.98. The second kappa shape index (κ2) is 8.07. The number of carbonyl (C=O) groups is 1. The van der Waals surface area contributed by atoms with Gasteiger partial charge in [-0.05, 0) is 51.0 Å². The number of halogens is 1. The molecule has 5 heteroatoms. The molecule has 3 aliphatic heterocycles. The molecule has 2 N–H and O–H groups in total. The lowest BCUT2D eigenvalue weighted by molar-refractivity contribution is -0.135. The van der Waals surface area contributed by atoms with E-state index in [1.54, 1.807) is 0 Å². The van der Waals surface area contributed by atoms with Crippen molar-refractivity contribution in [3.05, 3.63) is 35.4 Å². The first-order valence-electron chi connectivity index (χ1n) is 9.43. The summed E-state index contributed by atoms with van der Waals surface area (Å²) in [7, 11) is 0. The molecule has 25 heavy (non-hydrogen) atoms. The van der Waals surface area contributed by atoms with Gasteiger partial charge in [-0.15, -0.1) is 12.4 Å². The Hall–Kier alpha value is -1.10. The summed E-state index contributed by atoms with van der Waals surface area (Å²) in [5.74, 6) is 0.126. The third kappa shape index (κ3) is 4.18. The van der Waals surface area contributed by atoms with E-state index in [0.717, 1.165) is 37.9 Å². The van der Waals surface area contributed by atoms with Crippen molar-refractivity contribution in [3.63, 3.8) is 0 Å². The molecule has 2 bridgehead atoms. The highest BCUT2D eigenvalue weighted by Crippen LogP contribution is 2.35. The molecule has 1 aromatic carbocycles. The first-order chi connectivity index (χ1) is 11.7. The molecule has 0 saturated carbocycles. The number of carbonyl (C=O) groups excluding carboxylic acids is 1. The Morgan fingerprint density at radius 2 is 1.80 bits per heavy atom. The van der Waals surface area contributed by atoms with Crippen molar-refractivity contribution in [1.82, 2.24) is 10.6 Å². The number of benzene rings is 1. The van der Waals surface area contributed by atoms with Crippen molar-refractivity contribution in [3.8, 4) is 0 Å². The molecular formula is C20H29ClN2O2. The lowest BCUT2D eigenvalue weighted by Gasteiger charge is -2.34. The first-order valence-corrected chi connectivity index (χ1v) is 9.43. The SMILES string of the molecule is Cc1ccc(C2OCCCC2C(=O)NC2CC3CCC(C2)N3)cc1.Cl. The molecule has 0 aliphatic carbocycles. The van der Waals surface area contributed by atoms with Crippen LogP contribution in [0.3, 0.4) is 0 Å². The molecule has 4 nitrogen and oxygen atoms in total. The van der Waals surface area contributed by atoms with Crippen molar-refractivity contribution >= 4 is 18.3 Å². The van der Waals surface area contributed by atoms with Crippen LogP contribution in [0.25, 0.3) is 0 Å². The van der Waals surface area contributed by atoms with Crippen molar-refractivity contribution in [2.75, 3.05) is 6.61 Å². The van der Waals surface area contributed by atoms with Crippen LogP contribution >= 0.6 is 12.4 Å². The average Bonchev–Trinajstić information content (AvgIpc) is 2.94. The van der Waals surface area contributed by atoms with E-state index >= 15 is 0 Å². The zero-order valence-corrected chi connectivity index (χ0v) is 15.7. The van der Waals surface area contributed by atoms with E-state index in [2.05, 4.69) is 41.8 Å². The van der Waals surface area contributed by atoms with Gasteiger partial charge in [0.1, 0.15) is 0 Å². The van der Waals surface area contributed by atoms with Gasteiger partial charge in [0, 0.05) is 24.7 Å². The summed E-state index contributed by atoms with van der Waals surface area (Å²) in [6, 6.07) is 9.96. The molecule has 1 amide bonds. The highest BCUT2D eigenvalue weighted by molar-refractivity contribution is 5.85. The fourth-order valence-electron chi connectivity index (χ4n) is 4.62. The third-order valence-corrected chi connectivity index (χ3v) is 5.88. The third-order valence-electron chi connectivity index (χ3n) is 5.88. The van der Waals surface area contributed by atoms with Gasteiger partial charge >= 0.3 is 0 Å². The Labute approximate surface area is 156 Å². The maximum atomic E-state index is 12.9. The number of nitrogens with one attached hydrogen (secondary N) is 2. The summed E-state index contributed by atoms with van der Waals surface area (Å²) in [5.41, 5.74) is 2.37. The largest absolute Gasteiger partial charge is 0.373 e. The highest BCUT2D eigenvalue weighted by atomic mass is 35.5. The Morgan fingerprint density at radius 1 is 1.12 bits per heavy atom. The monoisotopic (exact) mass is 364 g/mol. The van der Waals surface area contributed by atoms with E-state index in [-0.39, 0.29) is 30.3 Å². The topological polar surface area (TPSA) is 50.4 Å². The predicted octanol–water partition coefficient (Wildman–Crippen LogP) is 3.28. The Bertz CT molecular complexity index is 580. The maximum Gasteiger partial charge on any atom is 0.226 e. The number of hydrogen-bond acceptors (Lipinski definition) is 3. The van der Waals surface area contributed by atoms with E-state index in [9.17, 15) is 4.79 Å². The number of amides is 1. The molecule has 1 aromatic rings. The van der Waals surface area contributed by atoms with Gasteiger partial charge in [0.05, 0.1) is 12.0 Å². The quantitative estimate of drug-likeness (QED) is 0.865. The summed E-state index contributed by atoms with van der Waals surface area (Å²) >= 11 is 0. The van der Waals surface area contributed by atoms with Crippen LogP contribution in [0.4, 0.5) is 0 Å². The summed E-state index contributed by atoms with van der Waals surface area (Å²) in [6.07, 6.45) is 6.46. The molecule has 0 radical (unpaired) electrons. The molecule has 4 rings (SSSR count). The van der Waals surface area contributed by atoms with Crippen molar-refractivity contribution in [2.24, 2.45) is 5.92 Å². The van der Waals surface area contributed by atoms with Gasteiger partial charge in [-0.25, -0.2) is 0 Å². The summed E-state index contributed by atoms with van der Waals surface area (Å²) in [6.45, 7) is 2.83. The fraction of sp³-hybridized carbons (Fsp3) is 0.650. The highest BCUT2D eigenvalue weighted by Gasteiger charge is 2.37.